The van der Waals surface area contributed by atoms with Crippen LogP contribution in [0.1, 0.15) is 34.0 Å². The first kappa shape index (κ1) is 21.1. The van der Waals surface area contributed by atoms with Crippen molar-refractivity contribution in [1.82, 2.24) is 0 Å². The Hall–Kier alpha value is -3.80. The van der Waals surface area contributed by atoms with Crippen LogP contribution in [0.5, 0.6) is 5.75 Å². The SMILES string of the molecule is COc1ccc(C(N=C2c3ccccc3C=CC2O)N=C2c3ccccc3C=CC2O)cc1. The van der Waals surface area contributed by atoms with Gasteiger partial charge in [-0.05, 0) is 41.0 Å². The van der Waals surface area contributed by atoms with Gasteiger partial charge in [-0.15, -0.1) is 0 Å². The molecule has 2 atom stereocenters. The van der Waals surface area contributed by atoms with E-state index in [1.165, 1.54) is 0 Å². The summed E-state index contributed by atoms with van der Waals surface area (Å²) in [5.41, 5.74) is 5.66. The molecule has 0 bridgehead atoms. The third kappa shape index (κ3) is 4.16. The molecule has 0 aliphatic heterocycles. The molecule has 164 valence electrons. The Morgan fingerprint density at radius 1 is 0.697 bits per heavy atom. The number of fused-ring (bicyclic) bond motifs is 2. The predicted molar refractivity (Wildman–Crippen MR) is 132 cm³/mol. The van der Waals surface area contributed by atoms with Crippen molar-refractivity contribution in [3.05, 3.63) is 113 Å². The summed E-state index contributed by atoms with van der Waals surface area (Å²) in [5.74, 6) is 0.731. The molecule has 5 rings (SSSR count). The zero-order chi connectivity index (χ0) is 22.8. The molecule has 5 nitrogen and oxygen atoms in total. The van der Waals surface area contributed by atoms with Crippen LogP contribution in [0.3, 0.4) is 0 Å². The Morgan fingerprint density at radius 2 is 1.18 bits per heavy atom. The van der Waals surface area contributed by atoms with Crippen molar-refractivity contribution in [2.24, 2.45) is 9.98 Å². The van der Waals surface area contributed by atoms with Gasteiger partial charge in [0.2, 0.25) is 0 Å². The van der Waals surface area contributed by atoms with Gasteiger partial charge in [-0.3, -0.25) is 9.98 Å². The molecule has 2 aliphatic carbocycles. The molecular formula is C28H24N2O3. The first-order valence-corrected chi connectivity index (χ1v) is 10.8. The molecule has 2 N–H and O–H groups in total. The van der Waals surface area contributed by atoms with Gasteiger partial charge in [-0.25, -0.2) is 0 Å². The highest BCUT2D eigenvalue weighted by molar-refractivity contribution is 6.11. The lowest BCUT2D eigenvalue weighted by molar-refractivity contribution is 0.287. The van der Waals surface area contributed by atoms with E-state index in [1.807, 2.05) is 84.9 Å². The maximum Gasteiger partial charge on any atom is 0.165 e. The van der Waals surface area contributed by atoms with Crippen LogP contribution >= 0.6 is 0 Å². The lowest BCUT2D eigenvalue weighted by atomic mass is 9.93. The van der Waals surface area contributed by atoms with Gasteiger partial charge in [-0.2, -0.15) is 0 Å². The lowest BCUT2D eigenvalue weighted by Crippen LogP contribution is -2.26. The van der Waals surface area contributed by atoms with E-state index < -0.39 is 18.4 Å². The molecule has 5 heteroatoms. The van der Waals surface area contributed by atoms with Crippen LogP contribution in [-0.4, -0.2) is 41.0 Å². The summed E-state index contributed by atoms with van der Waals surface area (Å²) in [6, 6.07) is 23.2. The van der Waals surface area contributed by atoms with Gasteiger partial charge in [-0.1, -0.05) is 72.8 Å². The van der Waals surface area contributed by atoms with E-state index in [9.17, 15) is 10.2 Å². The molecule has 0 fully saturated rings. The summed E-state index contributed by atoms with van der Waals surface area (Å²) < 4.78 is 5.31. The number of methoxy groups -OCH3 is 1. The Morgan fingerprint density at radius 3 is 1.67 bits per heavy atom. The van der Waals surface area contributed by atoms with E-state index in [2.05, 4.69) is 0 Å². The standard InChI is InChI=1S/C28H24N2O3/c1-33-21-14-10-20(11-15-21)28(29-26-22-8-4-2-6-18(22)12-16-24(26)31)30-27-23-9-5-3-7-19(23)13-17-25(27)32/h2-17,24-25,28,31-32H,1H3. The monoisotopic (exact) mass is 436 g/mol. The van der Waals surface area contributed by atoms with Crippen LogP contribution in [0, 0.1) is 0 Å². The molecule has 3 aromatic rings. The largest absolute Gasteiger partial charge is 0.497 e. The highest BCUT2D eigenvalue weighted by Crippen LogP contribution is 2.29. The number of hydrogen-bond acceptors (Lipinski definition) is 5. The van der Waals surface area contributed by atoms with Crippen molar-refractivity contribution in [3.8, 4) is 5.75 Å². The second-order valence-corrected chi connectivity index (χ2v) is 7.96. The summed E-state index contributed by atoms with van der Waals surface area (Å²) in [5, 5.41) is 21.5. The molecule has 3 aromatic carbocycles. The molecule has 0 saturated carbocycles. The summed E-state index contributed by atoms with van der Waals surface area (Å²) >= 11 is 0. The molecule has 0 saturated heterocycles. The van der Waals surface area contributed by atoms with E-state index in [0.29, 0.717) is 11.4 Å². The Labute approximate surface area is 192 Å². The maximum absolute atomic E-state index is 10.8. The van der Waals surface area contributed by atoms with Crippen molar-refractivity contribution in [2.75, 3.05) is 7.11 Å². The minimum Gasteiger partial charge on any atom is -0.497 e. The topological polar surface area (TPSA) is 74.4 Å². The number of nitrogens with zero attached hydrogens (tertiary/aromatic N) is 2. The van der Waals surface area contributed by atoms with Crippen molar-refractivity contribution in [3.63, 3.8) is 0 Å². The first-order chi connectivity index (χ1) is 16.1. The van der Waals surface area contributed by atoms with Crippen LogP contribution < -0.4 is 4.74 Å². The number of rotatable bonds is 4. The van der Waals surface area contributed by atoms with Gasteiger partial charge in [0.05, 0.1) is 18.5 Å². The molecule has 0 amide bonds. The zero-order valence-corrected chi connectivity index (χ0v) is 18.2. The molecule has 33 heavy (non-hydrogen) atoms. The molecule has 0 aromatic heterocycles. The molecule has 2 unspecified atom stereocenters. The fourth-order valence-corrected chi connectivity index (χ4v) is 4.15. The van der Waals surface area contributed by atoms with Crippen LogP contribution in [0.2, 0.25) is 0 Å². The lowest BCUT2D eigenvalue weighted by Gasteiger charge is -2.23. The number of hydrogen-bond donors (Lipinski definition) is 2. The third-order valence-corrected chi connectivity index (χ3v) is 5.89. The molecule has 2 aliphatic rings. The highest BCUT2D eigenvalue weighted by atomic mass is 16.5. The average Bonchev–Trinajstić information content (AvgIpc) is 2.86. The van der Waals surface area contributed by atoms with Gasteiger partial charge in [0.25, 0.3) is 0 Å². The Bertz CT molecular complexity index is 1210. The minimum absolute atomic E-state index is 0.549. The maximum atomic E-state index is 10.8. The van der Waals surface area contributed by atoms with Crippen LogP contribution in [-0.2, 0) is 0 Å². The van der Waals surface area contributed by atoms with Gasteiger partial charge >= 0.3 is 0 Å². The van der Waals surface area contributed by atoms with E-state index in [-0.39, 0.29) is 0 Å². The van der Waals surface area contributed by atoms with Gasteiger partial charge < -0.3 is 14.9 Å². The van der Waals surface area contributed by atoms with E-state index in [0.717, 1.165) is 33.6 Å². The average molecular weight is 437 g/mol. The Kier molecular flexibility index (Phi) is 5.73. The number of aliphatic imine (C=N–C) groups is 2. The van der Waals surface area contributed by atoms with E-state index in [4.69, 9.17) is 14.7 Å². The van der Waals surface area contributed by atoms with Crippen molar-refractivity contribution >= 4 is 23.6 Å². The van der Waals surface area contributed by atoms with Crippen molar-refractivity contribution in [2.45, 2.75) is 18.4 Å². The first-order valence-electron chi connectivity index (χ1n) is 10.8. The van der Waals surface area contributed by atoms with Gasteiger partial charge in [0.15, 0.2) is 6.17 Å². The highest BCUT2D eigenvalue weighted by Gasteiger charge is 2.24. The smallest absolute Gasteiger partial charge is 0.165 e. The van der Waals surface area contributed by atoms with E-state index in [1.54, 1.807) is 19.3 Å². The van der Waals surface area contributed by atoms with Crippen LogP contribution in [0.15, 0.2) is 94.9 Å². The summed E-state index contributed by atoms with van der Waals surface area (Å²) in [6.07, 6.45) is 4.91. The number of ether oxygens (including phenoxy) is 1. The normalized spacial score (nSPS) is 22.2. The summed E-state index contributed by atoms with van der Waals surface area (Å²) in [7, 11) is 1.62. The second-order valence-electron chi connectivity index (χ2n) is 7.96. The summed E-state index contributed by atoms with van der Waals surface area (Å²) in [4.78, 5) is 9.87. The van der Waals surface area contributed by atoms with Gasteiger partial charge in [0, 0.05) is 11.1 Å². The molecular weight excluding hydrogens is 412 g/mol. The van der Waals surface area contributed by atoms with E-state index >= 15 is 0 Å². The zero-order valence-electron chi connectivity index (χ0n) is 18.2. The van der Waals surface area contributed by atoms with Crippen molar-refractivity contribution < 1.29 is 14.9 Å². The Balaban J connectivity index is 1.66. The molecule has 0 spiro atoms. The third-order valence-electron chi connectivity index (χ3n) is 5.89. The predicted octanol–water partition coefficient (Wildman–Crippen LogP) is 4.45. The van der Waals surface area contributed by atoms with Crippen LogP contribution in [0.4, 0.5) is 0 Å². The number of aliphatic hydroxyl groups is 2. The van der Waals surface area contributed by atoms with Gasteiger partial charge in [0.1, 0.15) is 18.0 Å². The number of aliphatic hydroxyl groups excluding tert-OH is 2. The second kappa shape index (κ2) is 8.98. The van der Waals surface area contributed by atoms with Crippen LogP contribution in [0.25, 0.3) is 12.2 Å². The number of benzene rings is 3. The fourth-order valence-electron chi connectivity index (χ4n) is 4.15. The molecule has 0 radical (unpaired) electrons. The molecule has 0 heterocycles. The van der Waals surface area contributed by atoms with Crippen molar-refractivity contribution in [1.29, 1.82) is 0 Å². The fraction of sp³-hybridized carbons (Fsp3) is 0.143. The summed E-state index contributed by atoms with van der Waals surface area (Å²) in [6.45, 7) is 0. The minimum atomic E-state index is -0.843. The quantitative estimate of drug-likeness (QED) is 0.635.